The summed E-state index contributed by atoms with van der Waals surface area (Å²) in [5, 5.41) is 3.24. The van der Waals surface area contributed by atoms with Crippen molar-refractivity contribution >= 4 is 62.4 Å². The zero-order valence-electron chi connectivity index (χ0n) is 23.7. The van der Waals surface area contributed by atoms with E-state index in [-0.39, 0.29) is 54.6 Å². The van der Waals surface area contributed by atoms with Crippen molar-refractivity contribution in [3.63, 3.8) is 0 Å². The number of halogens is 1. The van der Waals surface area contributed by atoms with Gasteiger partial charge in [-0.15, -0.1) is 0 Å². The number of pyridine rings is 1. The lowest BCUT2D eigenvalue weighted by Crippen LogP contribution is -2.41. The minimum Gasteiger partial charge on any atom is -0.348 e. The first-order chi connectivity index (χ1) is 20.9. The third kappa shape index (κ3) is 6.97. The summed E-state index contributed by atoms with van der Waals surface area (Å²) in [5.74, 6) is -1.78. The summed E-state index contributed by atoms with van der Waals surface area (Å²) in [6.45, 7) is 0.630. The number of nitrogens with zero attached hydrogens (tertiary/aromatic N) is 6. The fraction of sp³-hybridized carbons (Fsp3) is 0.370. The summed E-state index contributed by atoms with van der Waals surface area (Å²) in [6.07, 6.45) is 3.80. The van der Waals surface area contributed by atoms with Gasteiger partial charge >= 0.3 is 6.03 Å². The Morgan fingerprint density at radius 3 is 2.39 bits per heavy atom. The molecule has 17 heteroatoms. The van der Waals surface area contributed by atoms with Crippen molar-refractivity contribution in [2.24, 2.45) is 0 Å². The fourth-order valence-electron chi connectivity index (χ4n) is 5.01. The molecule has 0 spiro atoms. The molecule has 44 heavy (non-hydrogen) atoms. The van der Waals surface area contributed by atoms with E-state index in [0.29, 0.717) is 18.1 Å². The van der Waals surface area contributed by atoms with Gasteiger partial charge in [0.2, 0.25) is 15.9 Å². The van der Waals surface area contributed by atoms with Gasteiger partial charge < -0.3 is 15.1 Å². The number of carbonyl (C=O) groups is 4. The second-order valence-corrected chi connectivity index (χ2v) is 12.6. The van der Waals surface area contributed by atoms with E-state index in [9.17, 15) is 32.4 Å². The molecule has 15 nitrogen and oxygen atoms in total. The molecule has 2 saturated heterocycles. The number of hydrogen-bond donors (Lipinski definition) is 2. The second kappa shape index (κ2) is 12.6. The number of anilines is 1. The number of amides is 5. The van der Waals surface area contributed by atoms with Crippen molar-refractivity contribution in [2.75, 3.05) is 43.9 Å². The maximum absolute atomic E-state index is 13.6. The van der Waals surface area contributed by atoms with Gasteiger partial charge in [0.05, 0.1) is 12.5 Å². The minimum absolute atomic E-state index is 0.0524. The van der Waals surface area contributed by atoms with E-state index in [4.69, 9.17) is 11.6 Å². The van der Waals surface area contributed by atoms with Crippen LogP contribution in [-0.4, -0.2) is 95.5 Å². The molecule has 0 atom stereocenters. The highest BCUT2D eigenvalue weighted by Gasteiger charge is 2.33. The van der Waals surface area contributed by atoms with Gasteiger partial charge in [-0.1, -0.05) is 23.7 Å². The van der Waals surface area contributed by atoms with Gasteiger partial charge in [-0.3, -0.25) is 33.4 Å². The van der Waals surface area contributed by atoms with Crippen LogP contribution in [-0.2, 0) is 32.7 Å². The predicted octanol–water partition coefficient (Wildman–Crippen LogP) is 0.315. The first-order valence-electron chi connectivity index (χ1n) is 13.7. The molecule has 0 bridgehead atoms. The molecule has 2 N–H and O–H groups in total. The van der Waals surface area contributed by atoms with Crippen LogP contribution in [0.15, 0.2) is 41.3 Å². The number of nitrogens with one attached hydrogen (secondary N) is 2. The standard InChI is InChI=1S/C27H29ClN8O7S/c1-44(42,43)32-22(37)15-34-10-11-35(27(34)41)21-14-29-24-20(31-21)12-19(25(39)30-13-17-4-6-18(28)7-5-17)26(40)36(24)16-23(38)33-8-2-3-9-33/h4-7,12,14H,2-3,8-11,13,15-16H2,1H3,(H,30,39)(H,32,37). The molecule has 5 rings (SSSR count). The number of urea groups is 1. The summed E-state index contributed by atoms with van der Waals surface area (Å²) in [6, 6.07) is 7.46. The number of sulfonamides is 1. The summed E-state index contributed by atoms with van der Waals surface area (Å²) in [5.41, 5.74) is -0.0944. The van der Waals surface area contributed by atoms with Crippen molar-refractivity contribution in [3.05, 3.63) is 63.0 Å². The minimum atomic E-state index is -3.79. The number of likely N-dealkylation sites (tertiary alicyclic amines) is 1. The molecule has 2 aliphatic heterocycles. The molecule has 2 aliphatic rings. The quantitative estimate of drug-likeness (QED) is 0.331. The zero-order chi connectivity index (χ0) is 31.6. The van der Waals surface area contributed by atoms with Crippen LogP contribution < -0.4 is 20.5 Å². The Kier molecular flexibility index (Phi) is 8.82. The average Bonchev–Trinajstić information content (AvgIpc) is 3.63. The molecule has 0 aliphatic carbocycles. The van der Waals surface area contributed by atoms with E-state index >= 15 is 0 Å². The van der Waals surface area contributed by atoms with Gasteiger partial charge in [0, 0.05) is 37.7 Å². The van der Waals surface area contributed by atoms with Crippen molar-refractivity contribution in [3.8, 4) is 0 Å². The SMILES string of the molecule is CS(=O)(=O)NC(=O)CN1CCN(c2cnc3c(cc(C(=O)NCc4ccc(Cl)cc4)c(=O)n3CC(=O)N3CCCC3)n2)C1=O. The molecule has 4 heterocycles. The zero-order valence-corrected chi connectivity index (χ0v) is 25.2. The third-order valence-corrected chi connectivity index (χ3v) is 8.00. The fourth-order valence-corrected chi connectivity index (χ4v) is 5.61. The van der Waals surface area contributed by atoms with E-state index in [1.165, 1.54) is 17.2 Å². The number of benzene rings is 1. The summed E-state index contributed by atoms with van der Waals surface area (Å²) in [7, 11) is -3.79. The molecule has 232 valence electrons. The maximum Gasteiger partial charge on any atom is 0.326 e. The van der Waals surface area contributed by atoms with Crippen molar-refractivity contribution in [2.45, 2.75) is 25.9 Å². The Bertz CT molecular complexity index is 1810. The van der Waals surface area contributed by atoms with Gasteiger partial charge in [0.25, 0.3) is 17.4 Å². The molecule has 0 radical (unpaired) electrons. The van der Waals surface area contributed by atoms with Crippen LogP contribution in [0.5, 0.6) is 0 Å². The van der Waals surface area contributed by atoms with Gasteiger partial charge in [0.1, 0.15) is 24.2 Å². The first-order valence-corrected chi connectivity index (χ1v) is 15.9. The molecule has 0 saturated carbocycles. The van der Waals surface area contributed by atoms with Gasteiger partial charge in [-0.25, -0.2) is 23.2 Å². The van der Waals surface area contributed by atoms with E-state index in [0.717, 1.165) is 34.1 Å². The molecule has 1 aromatic carbocycles. The third-order valence-electron chi connectivity index (χ3n) is 7.15. The van der Waals surface area contributed by atoms with Gasteiger partial charge in [0.15, 0.2) is 11.5 Å². The summed E-state index contributed by atoms with van der Waals surface area (Å²) in [4.78, 5) is 77.8. The van der Waals surface area contributed by atoms with Gasteiger partial charge in [-0.05, 0) is 36.6 Å². The number of carbonyl (C=O) groups excluding carboxylic acids is 4. The Morgan fingerprint density at radius 2 is 1.70 bits per heavy atom. The Morgan fingerprint density at radius 1 is 1.00 bits per heavy atom. The lowest BCUT2D eigenvalue weighted by Gasteiger charge is -2.19. The molecule has 5 amide bonds. The normalized spacial score (nSPS) is 15.2. The monoisotopic (exact) mass is 644 g/mol. The number of hydrogen-bond acceptors (Lipinski definition) is 9. The van der Waals surface area contributed by atoms with Crippen LogP contribution in [0.1, 0.15) is 28.8 Å². The van der Waals surface area contributed by atoms with Crippen molar-refractivity contribution in [1.82, 2.24) is 34.4 Å². The Hall–Kier alpha value is -4.57. The van der Waals surface area contributed by atoms with Crippen LogP contribution in [0.25, 0.3) is 11.2 Å². The van der Waals surface area contributed by atoms with Crippen molar-refractivity contribution < 1.29 is 27.6 Å². The second-order valence-electron chi connectivity index (χ2n) is 10.4. The highest BCUT2D eigenvalue weighted by molar-refractivity contribution is 7.89. The highest BCUT2D eigenvalue weighted by Crippen LogP contribution is 2.21. The maximum atomic E-state index is 13.6. The van der Waals surface area contributed by atoms with Crippen LogP contribution >= 0.6 is 11.6 Å². The van der Waals surface area contributed by atoms with Gasteiger partial charge in [-0.2, -0.15) is 0 Å². The van der Waals surface area contributed by atoms with Crippen LogP contribution in [0.2, 0.25) is 5.02 Å². The number of aromatic nitrogens is 3. The molecule has 2 aromatic heterocycles. The van der Waals surface area contributed by atoms with Crippen LogP contribution in [0.3, 0.4) is 0 Å². The van der Waals surface area contributed by atoms with E-state index in [2.05, 4.69) is 15.3 Å². The average molecular weight is 645 g/mol. The molecule has 2 fully saturated rings. The molecular weight excluding hydrogens is 616 g/mol. The summed E-state index contributed by atoms with van der Waals surface area (Å²) >= 11 is 5.93. The lowest BCUT2D eigenvalue weighted by atomic mass is 10.2. The number of fused-ring (bicyclic) bond motifs is 1. The van der Waals surface area contributed by atoms with E-state index in [1.807, 2.05) is 4.72 Å². The van der Waals surface area contributed by atoms with E-state index in [1.54, 1.807) is 29.2 Å². The Balaban J connectivity index is 1.45. The van der Waals surface area contributed by atoms with Crippen LogP contribution in [0.4, 0.5) is 10.6 Å². The smallest absolute Gasteiger partial charge is 0.326 e. The first kappa shape index (κ1) is 30.9. The Labute approximate surface area is 256 Å². The van der Waals surface area contributed by atoms with Crippen molar-refractivity contribution in [1.29, 1.82) is 0 Å². The number of rotatable bonds is 9. The predicted molar refractivity (Wildman–Crippen MR) is 160 cm³/mol. The lowest BCUT2D eigenvalue weighted by molar-refractivity contribution is -0.130. The largest absolute Gasteiger partial charge is 0.348 e. The molecule has 0 unspecified atom stereocenters. The molecule has 3 aromatic rings. The topological polar surface area (TPSA) is 184 Å². The molecular formula is C27H29ClN8O7S. The summed E-state index contributed by atoms with van der Waals surface area (Å²) < 4.78 is 25.6. The highest BCUT2D eigenvalue weighted by atomic mass is 35.5. The van der Waals surface area contributed by atoms with Crippen LogP contribution in [0, 0.1) is 0 Å². The van der Waals surface area contributed by atoms with E-state index < -0.39 is 40.0 Å².